The summed E-state index contributed by atoms with van der Waals surface area (Å²) in [5.41, 5.74) is 7.41. The van der Waals surface area contributed by atoms with Crippen LogP contribution in [0.25, 0.3) is 11.0 Å². The Balaban J connectivity index is 2.08. The minimum atomic E-state index is -4.78. The predicted molar refractivity (Wildman–Crippen MR) is 87.4 cm³/mol. The molecule has 1 aromatic heterocycles. The Bertz CT molecular complexity index is 983. The van der Waals surface area contributed by atoms with Crippen molar-refractivity contribution in [1.82, 2.24) is 9.55 Å². The van der Waals surface area contributed by atoms with Crippen molar-refractivity contribution in [1.29, 1.82) is 0 Å². The molecule has 0 unspecified atom stereocenters. The van der Waals surface area contributed by atoms with Crippen molar-refractivity contribution >= 4 is 16.7 Å². The van der Waals surface area contributed by atoms with E-state index >= 15 is 0 Å². The van der Waals surface area contributed by atoms with E-state index in [0.717, 1.165) is 6.20 Å². The van der Waals surface area contributed by atoms with E-state index in [1.807, 2.05) is 0 Å². The number of alkyl halides is 3. The van der Waals surface area contributed by atoms with Gasteiger partial charge in [-0.25, -0.2) is 4.98 Å². The zero-order valence-electron chi connectivity index (χ0n) is 13.1. The monoisotopic (exact) mass is 349 g/mol. The summed E-state index contributed by atoms with van der Waals surface area (Å²) in [6, 6.07) is 9.93. The summed E-state index contributed by atoms with van der Waals surface area (Å²) in [5.74, 6) is -0.340. The van der Waals surface area contributed by atoms with Crippen LogP contribution in [0.1, 0.15) is 18.5 Å². The first-order valence-electron chi connectivity index (χ1n) is 7.37. The normalized spacial score (nSPS) is 13.0. The van der Waals surface area contributed by atoms with Crippen LogP contribution >= 0.6 is 0 Å². The number of anilines is 1. The van der Waals surface area contributed by atoms with Gasteiger partial charge in [-0.15, -0.1) is 13.2 Å². The molecule has 0 saturated heterocycles. The van der Waals surface area contributed by atoms with Crippen LogP contribution in [0.2, 0.25) is 0 Å². The predicted octanol–water partition coefficient (Wildman–Crippen LogP) is 3.49. The molecule has 0 spiro atoms. The fourth-order valence-corrected chi connectivity index (χ4v) is 2.67. The highest BCUT2D eigenvalue weighted by Gasteiger charge is 2.31. The first-order chi connectivity index (χ1) is 11.7. The third kappa shape index (κ3) is 3.57. The number of hydrogen-bond donors (Lipinski definition) is 1. The van der Waals surface area contributed by atoms with Gasteiger partial charge in [0.25, 0.3) is 5.56 Å². The summed E-state index contributed by atoms with van der Waals surface area (Å²) >= 11 is 0. The Kier molecular flexibility index (Phi) is 4.12. The Morgan fingerprint density at radius 1 is 1.20 bits per heavy atom. The molecule has 0 aliphatic heterocycles. The number of rotatable bonds is 3. The van der Waals surface area contributed by atoms with Gasteiger partial charge in [-0.05, 0) is 42.8 Å². The highest BCUT2D eigenvalue weighted by atomic mass is 19.4. The number of halogens is 3. The zero-order chi connectivity index (χ0) is 18.2. The van der Waals surface area contributed by atoms with Crippen LogP contribution in [-0.2, 0) is 0 Å². The van der Waals surface area contributed by atoms with E-state index in [4.69, 9.17) is 5.73 Å². The van der Waals surface area contributed by atoms with E-state index in [1.54, 1.807) is 31.2 Å². The zero-order valence-corrected chi connectivity index (χ0v) is 13.1. The van der Waals surface area contributed by atoms with Crippen molar-refractivity contribution in [2.24, 2.45) is 0 Å². The molecule has 0 amide bonds. The van der Waals surface area contributed by atoms with E-state index in [1.165, 1.54) is 22.8 Å². The summed E-state index contributed by atoms with van der Waals surface area (Å²) in [5, 5.41) is 0. The lowest BCUT2D eigenvalue weighted by molar-refractivity contribution is -0.274. The number of fused-ring (bicyclic) bond motifs is 1. The van der Waals surface area contributed by atoms with Crippen LogP contribution in [0, 0.1) is 0 Å². The molecule has 8 heteroatoms. The standard InChI is InChI=1S/C17H14F3N3O2/c1-10(11-3-2-4-13(7-11)25-17(18,19)20)23-15-6-5-12(21)8-14(15)22-9-16(23)24/h2-10H,21H2,1H3/t10-/m0/s1. The molecule has 0 aliphatic carbocycles. The molecule has 5 nitrogen and oxygen atoms in total. The van der Waals surface area contributed by atoms with E-state index < -0.39 is 12.4 Å². The van der Waals surface area contributed by atoms with Gasteiger partial charge in [-0.1, -0.05) is 12.1 Å². The molecule has 0 saturated carbocycles. The van der Waals surface area contributed by atoms with E-state index in [-0.39, 0.29) is 11.3 Å². The van der Waals surface area contributed by atoms with E-state index in [9.17, 15) is 18.0 Å². The fraction of sp³-hybridized carbons (Fsp3) is 0.176. The number of ether oxygens (including phenoxy) is 1. The number of benzene rings is 2. The Morgan fingerprint density at radius 2 is 1.96 bits per heavy atom. The molecule has 1 heterocycles. The van der Waals surface area contributed by atoms with Gasteiger partial charge >= 0.3 is 6.36 Å². The van der Waals surface area contributed by atoms with Crippen molar-refractivity contribution in [3.63, 3.8) is 0 Å². The number of nitrogens with zero attached hydrogens (tertiary/aromatic N) is 2. The lowest BCUT2D eigenvalue weighted by Crippen LogP contribution is -2.24. The lowest BCUT2D eigenvalue weighted by atomic mass is 10.1. The molecule has 1 atom stereocenters. The van der Waals surface area contributed by atoms with Crippen molar-refractivity contribution < 1.29 is 17.9 Å². The molecule has 2 aromatic carbocycles. The second kappa shape index (κ2) is 6.12. The Labute approximate surface area is 140 Å². The van der Waals surface area contributed by atoms with E-state index in [0.29, 0.717) is 22.3 Å². The first kappa shape index (κ1) is 16.8. The van der Waals surface area contributed by atoms with Gasteiger partial charge in [0.05, 0.1) is 23.3 Å². The average Bonchev–Trinajstić information content (AvgIpc) is 2.53. The smallest absolute Gasteiger partial charge is 0.406 e. The van der Waals surface area contributed by atoms with Gasteiger partial charge in [-0.2, -0.15) is 0 Å². The number of hydrogen-bond acceptors (Lipinski definition) is 4. The van der Waals surface area contributed by atoms with Crippen LogP contribution in [0.5, 0.6) is 5.75 Å². The third-order valence-corrected chi connectivity index (χ3v) is 3.77. The molecule has 3 aromatic rings. The molecule has 0 radical (unpaired) electrons. The lowest BCUT2D eigenvalue weighted by Gasteiger charge is -2.19. The SMILES string of the molecule is C[C@@H](c1cccc(OC(F)(F)F)c1)n1c(=O)cnc2cc(N)ccc21. The van der Waals surface area contributed by atoms with E-state index in [2.05, 4.69) is 9.72 Å². The van der Waals surface area contributed by atoms with Gasteiger partial charge in [-0.3, -0.25) is 9.36 Å². The molecule has 25 heavy (non-hydrogen) atoms. The molecule has 0 fully saturated rings. The van der Waals surface area contributed by atoms with Crippen LogP contribution in [0.3, 0.4) is 0 Å². The maximum Gasteiger partial charge on any atom is 0.573 e. The van der Waals surface area contributed by atoms with Crippen molar-refractivity contribution in [3.8, 4) is 5.75 Å². The van der Waals surface area contributed by atoms with Crippen LogP contribution in [0.4, 0.5) is 18.9 Å². The van der Waals surface area contributed by atoms with Crippen molar-refractivity contribution in [2.75, 3.05) is 5.73 Å². The quantitative estimate of drug-likeness (QED) is 0.735. The highest BCUT2D eigenvalue weighted by molar-refractivity contribution is 5.78. The van der Waals surface area contributed by atoms with Gasteiger partial charge in [0.1, 0.15) is 5.75 Å². The molecule has 2 N–H and O–H groups in total. The Morgan fingerprint density at radius 3 is 2.68 bits per heavy atom. The van der Waals surface area contributed by atoms with Crippen molar-refractivity contribution in [2.45, 2.75) is 19.3 Å². The van der Waals surface area contributed by atoms with Gasteiger partial charge < -0.3 is 10.5 Å². The van der Waals surface area contributed by atoms with Crippen LogP contribution in [0.15, 0.2) is 53.5 Å². The summed E-state index contributed by atoms with van der Waals surface area (Å²) in [7, 11) is 0. The number of nitrogens with two attached hydrogens (primary N) is 1. The molecular formula is C17H14F3N3O2. The summed E-state index contributed by atoms with van der Waals surface area (Å²) in [6.07, 6.45) is -3.62. The fourth-order valence-electron chi connectivity index (χ4n) is 2.67. The van der Waals surface area contributed by atoms with Gasteiger partial charge in [0.2, 0.25) is 0 Å². The summed E-state index contributed by atoms with van der Waals surface area (Å²) in [4.78, 5) is 16.4. The maximum absolute atomic E-state index is 12.4. The minimum Gasteiger partial charge on any atom is -0.406 e. The minimum absolute atomic E-state index is 0.340. The second-order valence-corrected chi connectivity index (χ2v) is 5.51. The third-order valence-electron chi connectivity index (χ3n) is 3.77. The topological polar surface area (TPSA) is 70.1 Å². The van der Waals surface area contributed by atoms with Gasteiger partial charge in [0, 0.05) is 5.69 Å². The van der Waals surface area contributed by atoms with Crippen molar-refractivity contribution in [3.05, 3.63) is 64.6 Å². The molecule has 0 bridgehead atoms. The summed E-state index contributed by atoms with van der Waals surface area (Å²) in [6.45, 7) is 1.71. The molecule has 0 aliphatic rings. The molecule has 130 valence electrons. The Hall–Kier alpha value is -3.03. The largest absolute Gasteiger partial charge is 0.573 e. The maximum atomic E-state index is 12.4. The molecule has 3 rings (SSSR count). The van der Waals surface area contributed by atoms with Crippen LogP contribution < -0.4 is 16.0 Å². The van der Waals surface area contributed by atoms with Gasteiger partial charge in [0.15, 0.2) is 0 Å². The first-order valence-corrected chi connectivity index (χ1v) is 7.37. The average molecular weight is 349 g/mol. The summed E-state index contributed by atoms with van der Waals surface area (Å²) < 4.78 is 42.6. The second-order valence-electron chi connectivity index (χ2n) is 5.51. The van der Waals surface area contributed by atoms with Crippen LogP contribution in [-0.4, -0.2) is 15.9 Å². The highest BCUT2D eigenvalue weighted by Crippen LogP contribution is 2.27. The molecular weight excluding hydrogens is 335 g/mol. The number of nitrogen functional groups attached to an aromatic ring is 1. The number of aromatic nitrogens is 2.